The normalized spacial score (nSPS) is 14.7. The number of carbonyl (C=O) groups excluding carboxylic acids is 4. The van der Waals surface area contributed by atoms with E-state index in [9.17, 15) is 19.2 Å². The van der Waals surface area contributed by atoms with Crippen LogP contribution in [0, 0.1) is 0 Å². The molecule has 0 bridgehead atoms. The lowest BCUT2D eigenvalue weighted by atomic mass is 10.1. The highest BCUT2D eigenvalue weighted by molar-refractivity contribution is 6.31. The summed E-state index contributed by atoms with van der Waals surface area (Å²) in [5.41, 5.74) is 1.29. The van der Waals surface area contributed by atoms with Crippen molar-refractivity contribution in [2.45, 2.75) is 6.54 Å². The molecule has 1 N–H and O–H groups in total. The third kappa shape index (κ3) is 3.90. The molecule has 0 atom stereocenters. The molecule has 9 heteroatoms. The highest BCUT2D eigenvalue weighted by Gasteiger charge is 2.37. The van der Waals surface area contributed by atoms with E-state index in [4.69, 9.17) is 4.74 Å². The van der Waals surface area contributed by atoms with Crippen LogP contribution in [0.3, 0.4) is 0 Å². The summed E-state index contributed by atoms with van der Waals surface area (Å²) >= 11 is 0. The van der Waals surface area contributed by atoms with E-state index in [1.165, 1.54) is 20.2 Å². The van der Waals surface area contributed by atoms with E-state index in [1.54, 1.807) is 17.9 Å². The summed E-state index contributed by atoms with van der Waals surface area (Å²) < 4.78 is 6.67. The fraction of sp³-hybridized carbons (Fsp3) is 0.300. The van der Waals surface area contributed by atoms with Crippen LogP contribution in [0.5, 0.6) is 0 Å². The number of carbonyl (C=O) groups is 4. The van der Waals surface area contributed by atoms with E-state index < -0.39 is 17.8 Å². The maximum absolute atomic E-state index is 12.5. The van der Waals surface area contributed by atoms with Crippen molar-refractivity contribution in [3.8, 4) is 0 Å². The standard InChI is InChI=1S/C20H22N4O5/c1-22-18(26)15(19(27)23(2)20(22)28)10-13-11-24(12-17(25)21-8-9-29-3)16-7-5-4-6-14(13)16/h4-7,10-11H,8-9,12H2,1-3H3,(H,21,25). The van der Waals surface area contributed by atoms with Gasteiger partial charge in [-0.1, -0.05) is 18.2 Å². The summed E-state index contributed by atoms with van der Waals surface area (Å²) in [6.45, 7) is 0.897. The first-order valence-electron chi connectivity index (χ1n) is 9.00. The second-order valence-electron chi connectivity index (χ2n) is 6.64. The fourth-order valence-electron chi connectivity index (χ4n) is 3.15. The lowest BCUT2D eigenvalue weighted by Crippen LogP contribution is -2.52. The van der Waals surface area contributed by atoms with Crippen molar-refractivity contribution >= 4 is 40.7 Å². The number of urea groups is 1. The number of hydrogen-bond acceptors (Lipinski definition) is 5. The van der Waals surface area contributed by atoms with Crippen LogP contribution in [0.2, 0.25) is 0 Å². The quantitative estimate of drug-likeness (QED) is 0.441. The molecule has 0 spiro atoms. The molecule has 0 saturated carbocycles. The summed E-state index contributed by atoms with van der Waals surface area (Å²) in [5, 5.41) is 3.54. The van der Waals surface area contributed by atoms with Gasteiger partial charge < -0.3 is 14.6 Å². The smallest absolute Gasteiger partial charge is 0.333 e. The van der Waals surface area contributed by atoms with Gasteiger partial charge >= 0.3 is 6.03 Å². The summed E-state index contributed by atoms with van der Waals surface area (Å²) in [7, 11) is 4.21. The average Bonchev–Trinajstić information content (AvgIpc) is 3.06. The number of aromatic nitrogens is 1. The van der Waals surface area contributed by atoms with Crippen LogP contribution in [0.1, 0.15) is 5.56 Å². The number of imide groups is 2. The molecule has 2 heterocycles. The van der Waals surface area contributed by atoms with Crippen molar-refractivity contribution in [3.63, 3.8) is 0 Å². The number of hydrogen-bond donors (Lipinski definition) is 1. The van der Waals surface area contributed by atoms with Crippen molar-refractivity contribution in [3.05, 3.63) is 41.6 Å². The molecule has 1 saturated heterocycles. The Morgan fingerprint density at radius 1 is 1.10 bits per heavy atom. The minimum atomic E-state index is -0.674. The molecule has 29 heavy (non-hydrogen) atoms. The molecular weight excluding hydrogens is 376 g/mol. The van der Waals surface area contributed by atoms with E-state index in [0.29, 0.717) is 18.7 Å². The van der Waals surface area contributed by atoms with Gasteiger partial charge in [0.05, 0.1) is 6.61 Å². The number of nitrogens with zero attached hydrogens (tertiary/aromatic N) is 3. The second-order valence-corrected chi connectivity index (χ2v) is 6.64. The van der Waals surface area contributed by atoms with Gasteiger partial charge in [-0.25, -0.2) is 4.79 Å². The highest BCUT2D eigenvalue weighted by Crippen LogP contribution is 2.25. The predicted octanol–water partition coefficient (Wildman–Crippen LogP) is 0.838. The molecule has 1 fully saturated rings. The van der Waals surface area contributed by atoms with Gasteiger partial charge in [-0.05, 0) is 12.1 Å². The molecule has 1 aromatic carbocycles. The predicted molar refractivity (Wildman–Crippen MR) is 106 cm³/mol. The molecule has 3 rings (SSSR count). The van der Waals surface area contributed by atoms with E-state index >= 15 is 0 Å². The van der Waals surface area contributed by atoms with E-state index in [0.717, 1.165) is 20.7 Å². The molecule has 5 amide bonds. The first kappa shape index (κ1) is 20.3. The maximum Gasteiger partial charge on any atom is 0.333 e. The van der Waals surface area contributed by atoms with E-state index in [2.05, 4.69) is 5.32 Å². The second kappa shape index (κ2) is 8.27. The Bertz CT molecular complexity index is 997. The third-order valence-corrected chi connectivity index (χ3v) is 4.71. The number of likely N-dealkylation sites (N-methyl/N-ethyl adjacent to an activating group) is 2. The number of ether oxygens (including phenoxy) is 1. The van der Waals surface area contributed by atoms with Gasteiger partial charge in [0.1, 0.15) is 12.1 Å². The van der Waals surface area contributed by atoms with Gasteiger partial charge in [0.15, 0.2) is 0 Å². The van der Waals surface area contributed by atoms with Crippen LogP contribution in [-0.4, -0.2) is 72.5 Å². The molecule has 152 valence electrons. The fourth-order valence-corrected chi connectivity index (χ4v) is 3.15. The van der Waals surface area contributed by atoms with Crippen molar-refractivity contribution < 1.29 is 23.9 Å². The molecule has 0 aliphatic carbocycles. The summed E-state index contributed by atoms with van der Waals surface area (Å²) in [4.78, 5) is 50.8. The molecular formula is C20H22N4O5. The van der Waals surface area contributed by atoms with Crippen LogP contribution in [0.25, 0.3) is 17.0 Å². The summed E-state index contributed by atoms with van der Waals surface area (Å²) in [5.74, 6) is -1.50. The number of methoxy groups -OCH3 is 1. The van der Waals surface area contributed by atoms with Crippen LogP contribution in [0.15, 0.2) is 36.0 Å². The van der Waals surface area contributed by atoms with Crippen molar-refractivity contribution in [2.75, 3.05) is 34.4 Å². The zero-order valence-electron chi connectivity index (χ0n) is 16.5. The van der Waals surface area contributed by atoms with Crippen LogP contribution in [0.4, 0.5) is 4.79 Å². The lowest BCUT2D eigenvalue weighted by Gasteiger charge is -2.28. The molecule has 1 aliphatic heterocycles. The Hall–Kier alpha value is -3.46. The highest BCUT2D eigenvalue weighted by atomic mass is 16.5. The molecule has 0 radical (unpaired) electrons. The molecule has 1 aliphatic rings. The lowest BCUT2D eigenvalue weighted by molar-refractivity contribution is -0.134. The van der Waals surface area contributed by atoms with E-state index in [-0.39, 0.29) is 18.0 Å². The van der Waals surface area contributed by atoms with Gasteiger partial charge in [-0.15, -0.1) is 0 Å². The van der Waals surface area contributed by atoms with Crippen molar-refractivity contribution in [2.24, 2.45) is 0 Å². The summed E-state index contributed by atoms with van der Waals surface area (Å²) in [6, 6.07) is 6.70. The Kier molecular flexibility index (Phi) is 5.79. The first-order chi connectivity index (χ1) is 13.8. The Morgan fingerprint density at radius 2 is 1.76 bits per heavy atom. The van der Waals surface area contributed by atoms with Gasteiger partial charge in [-0.3, -0.25) is 24.2 Å². The van der Waals surface area contributed by atoms with Gasteiger partial charge in [0.25, 0.3) is 11.8 Å². The van der Waals surface area contributed by atoms with Gasteiger partial charge in [0.2, 0.25) is 5.91 Å². The molecule has 1 aromatic heterocycles. The number of barbiturate groups is 1. The van der Waals surface area contributed by atoms with Gasteiger partial charge in [-0.2, -0.15) is 0 Å². The number of rotatable bonds is 6. The van der Waals surface area contributed by atoms with Gasteiger partial charge in [0, 0.05) is 50.4 Å². The minimum Gasteiger partial charge on any atom is -0.383 e. The topological polar surface area (TPSA) is 101 Å². The average molecular weight is 398 g/mol. The maximum atomic E-state index is 12.5. The summed E-state index contributed by atoms with van der Waals surface area (Å²) in [6.07, 6.45) is 3.18. The molecule has 0 unspecified atom stereocenters. The largest absolute Gasteiger partial charge is 0.383 e. The minimum absolute atomic E-state index is 0.0770. The number of nitrogens with one attached hydrogen (secondary N) is 1. The zero-order chi connectivity index (χ0) is 21.1. The van der Waals surface area contributed by atoms with Crippen molar-refractivity contribution in [1.29, 1.82) is 0 Å². The number of benzene rings is 1. The van der Waals surface area contributed by atoms with Crippen LogP contribution < -0.4 is 5.32 Å². The third-order valence-electron chi connectivity index (χ3n) is 4.71. The Labute approximate surface area is 167 Å². The SMILES string of the molecule is COCCNC(=O)Cn1cc(C=C2C(=O)N(C)C(=O)N(C)C2=O)c2ccccc21. The van der Waals surface area contributed by atoms with E-state index in [1.807, 2.05) is 24.3 Å². The molecule has 9 nitrogen and oxygen atoms in total. The zero-order valence-corrected chi connectivity index (χ0v) is 16.5. The van der Waals surface area contributed by atoms with Crippen LogP contribution >= 0.6 is 0 Å². The Morgan fingerprint density at radius 3 is 2.41 bits per heavy atom. The first-order valence-corrected chi connectivity index (χ1v) is 9.00. The monoisotopic (exact) mass is 398 g/mol. The molecule has 2 aromatic rings. The van der Waals surface area contributed by atoms with Crippen LogP contribution in [-0.2, 0) is 25.7 Å². The number of fused-ring (bicyclic) bond motifs is 1. The van der Waals surface area contributed by atoms with Crippen molar-refractivity contribution in [1.82, 2.24) is 19.7 Å². The number of amides is 5. The number of para-hydroxylation sites is 1. The Balaban J connectivity index is 1.97.